The second-order valence-corrected chi connectivity index (χ2v) is 11.2. The van der Waals surface area contributed by atoms with E-state index in [2.05, 4.69) is 26.3 Å². The molecule has 14 nitrogen and oxygen atoms in total. The van der Waals surface area contributed by atoms with Crippen molar-refractivity contribution in [1.29, 1.82) is 0 Å². The monoisotopic (exact) mass is 612 g/mol. The summed E-state index contributed by atoms with van der Waals surface area (Å²) < 4.78 is 0. The first kappa shape index (κ1) is 34.0. The molecule has 2 heterocycles. The van der Waals surface area contributed by atoms with Gasteiger partial charge in [0.2, 0.25) is 35.4 Å². The Balaban J connectivity index is 1.74. The smallest absolute Gasteiger partial charge is 0.246 e. The molecule has 1 fully saturated rings. The largest absolute Gasteiger partial charge is 0.368 e. The lowest BCUT2D eigenvalue weighted by molar-refractivity contribution is -0.142. The number of benzene rings is 1. The van der Waals surface area contributed by atoms with E-state index in [1.165, 1.54) is 25.7 Å². The van der Waals surface area contributed by atoms with E-state index >= 15 is 0 Å². The topological polar surface area (TPSA) is 222 Å². The van der Waals surface area contributed by atoms with E-state index in [0.717, 1.165) is 16.5 Å². The Kier molecular flexibility index (Phi) is 12.3. The molecule has 1 saturated heterocycles. The van der Waals surface area contributed by atoms with E-state index < -0.39 is 59.7 Å². The number of amides is 6. The van der Waals surface area contributed by atoms with Gasteiger partial charge in [-0.05, 0) is 64.1 Å². The maximum atomic E-state index is 14.0. The van der Waals surface area contributed by atoms with Crippen LogP contribution >= 0.6 is 0 Å². The lowest BCUT2D eigenvalue weighted by Gasteiger charge is -2.30. The second-order valence-electron chi connectivity index (χ2n) is 11.2. The number of aromatic nitrogens is 1. The number of H-pyrrole nitrogens is 1. The fourth-order valence-corrected chi connectivity index (χ4v) is 5.34. The molecule has 0 aliphatic carbocycles. The molecule has 14 heteroatoms. The highest BCUT2D eigenvalue weighted by Gasteiger charge is 2.39. The van der Waals surface area contributed by atoms with Gasteiger partial charge in [0.15, 0.2) is 0 Å². The van der Waals surface area contributed by atoms with Crippen molar-refractivity contribution in [2.24, 2.45) is 11.5 Å². The van der Waals surface area contributed by atoms with Crippen LogP contribution in [0.25, 0.3) is 10.9 Å². The number of carbonyl (C=O) groups excluding carboxylic acids is 6. The van der Waals surface area contributed by atoms with E-state index in [0.29, 0.717) is 38.6 Å². The molecule has 3 rings (SSSR count). The van der Waals surface area contributed by atoms with Crippen LogP contribution in [0.1, 0.15) is 58.4 Å². The normalized spacial score (nSPS) is 17.3. The Bertz CT molecular complexity index is 1360. The van der Waals surface area contributed by atoms with Crippen molar-refractivity contribution in [3.63, 3.8) is 0 Å². The molecule has 1 aliphatic rings. The second kappa shape index (κ2) is 15.8. The molecule has 6 amide bonds. The van der Waals surface area contributed by atoms with Crippen molar-refractivity contribution < 1.29 is 28.8 Å². The van der Waals surface area contributed by atoms with Crippen LogP contribution in [0.15, 0.2) is 30.5 Å². The summed E-state index contributed by atoms with van der Waals surface area (Å²) in [5.41, 5.74) is 12.6. The number of carbonyl (C=O) groups is 6. The molecule has 0 unspecified atom stereocenters. The van der Waals surface area contributed by atoms with E-state index in [9.17, 15) is 28.8 Å². The van der Waals surface area contributed by atoms with Gasteiger partial charge in [-0.25, -0.2) is 0 Å². The van der Waals surface area contributed by atoms with Crippen LogP contribution in [0.2, 0.25) is 0 Å². The average molecular weight is 613 g/mol. The quantitative estimate of drug-likeness (QED) is 0.128. The molecular weight excluding hydrogens is 568 g/mol. The number of aromatic amines is 1. The van der Waals surface area contributed by atoms with E-state index in [1.54, 1.807) is 6.20 Å². The lowest BCUT2D eigenvalue weighted by atomic mass is 10.0. The molecule has 1 aromatic heterocycles. The summed E-state index contributed by atoms with van der Waals surface area (Å²) in [6.45, 7) is 5.02. The Morgan fingerprint density at radius 3 is 2.27 bits per heavy atom. The summed E-state index contributed by atoms with van der Waals surface area (Å²) in [6.07, 6.45) is 4.43. The van der Waals surface area contributed by atoms with Crippen LogP contribution < -0.4 is 32.7 Å². The molecular formula is C30H44N8O6. The molecule has 0 bridgehead atoms. The molecule has 0 radical (unpaired) electrons. The SMILES string of the molecule is CC(=O)N[C@@H](C)C(=O)N[C@@H](Cc1c[nH]c2ccccc12)C(=O)N1CCC[C@H]1C(=O)N[C@@H](C)C(=O)N[C@@H](CCCCN)C(N)=O. The van der Waals surface area contributed by atoms with Gasteiger partial charge in [0, 0.05) is 37.0 Å². The number of nitrogens with one attached hydrogen (secondary N) is 5. The number of hydrogen-bond donors (Lipinski definition) is 7. The zero-order chi connectivity index (χ0) is 32.4. The number of fused-ring (bicyclic) bond motifs is 1. The molecule has 2 aromatic rings. The van der Waals surface area contributed by atoms with Gasteiger partial charge in [-0.15, -0.1) is 0 Å². The Morgan fingerprint density at radius 2 is 1.61 bits per heavy atom. The summed E-state index contributed by atoms with van der Waals surface area (Å²) in [5.74, 6) is -3.18. The molecule has 1 aliphatic heterocycles. The van der Waals surface area contributed by atoms with Gasteiger partial charge in [0.25, 0.3) is 0 Å². The predicted octanol–water partition coefficient (Wildman–Crippen LogP) is -0.685. The predicted molar refractivity (Wildman–Crippen MR) is 164 cm³/mol. The highest BCUT2D eigenvalue weighted by molar-refractivity contribution is 5.97. The van der Waals surface area contributed by atoms with Gasteiger partial charge >= 0.3 is 0 Å². The summed E-state index contributed by atoms with van der Waals surface area (Å²) in [4.78, 5) is 81.0. The van der Waals surface area contributed by atoms with Crippen molar-refractivity contribution in [3.8, 4) is 0 Å². The number of para-hydroxylation sites is 1. The van der Waals surface area contributed by atoms with Crippen LogP contribution in [0.4, 0.5) is 0 Å². The highest BCUT2D eigenvalue weighted by atomic mass is 16.2. The van der Waals surface area contributed by atoms with Gasteiger partial charge in [-0.3, -0.25) is 28.8 Å². The van der Waals surface area contributed by atoms with Crippen molar-refractivity contribution in [2.75, 3.05) is 13.1 Å². The first-order chi connectivity index (χ1) is 20.9. The fraction of sp³-hybridized carbons (Fsp3) is 0.533. The van der Waals surface area contributed by atoms with Crippen LogP contribution in [-0.4, -0.2) is 88.6 Å². The molecule has 44 heavy (non-hydrogen) atoms. The minimum Gasteiger partial charge on any atom is -0.368 e. The minimum atomic E-state index is -1.03. The van der Waals surface area contributed by atoms with Gasteiger partial charge in [-0.1, -0.05) is 18.2 Å². The molecule has 1 aromatic carbocycles. The maximum Gasteiger partial charge on any atom is 0.246 e. The summed E-state index contributed by atoms with van der Waals surface area (Å²) in [7, 11) is 0. The van der Waals surface area contributed by atoms with Gasteiger partial charge in [0.05, 0.1) is 0 Å². The standard InChI is InChI=1S/C30H44N8O6/c1-17(34-19(3)39)27(41)37-24(15-20-16-33-22-10-5-4-9-21(20)22)30(44)38-14-8-12-25(38)29(43)35-18(2)28(42)36-23(26(32)40)11-6-7-13-31/h4-5,9-10,16-18,23-25,33H,6-8,11-15,31H2,1-3H3,(H2,32,40)(H,34,39)(H,35,43)(H,36,42)(H,37,41)/t17-,18-,23-,24-,25-/m0/s1. The first-order valence-electron chi connectivity index (χ1n) is 15.0. The maximum absolute atomic E-state index is 14.0. The van der Waals surface area contributed by atoms with Crippen molar-refractivity contribution in [3.05, 3.63) is 36.0 Å². The van der Waals surface area contributed by atoms with E-state index in [-0.39, 0.29) is 18.9 Å². The van der Waals surface area contributed by atoms with Crippen molar-refractivity contribution in [2.45, 2.75) is 89.5 Å². The summed E-state index contributed by atoms with van der Waals surface area (Å²) >= 11 is 0. The van der Waals surface area contributed by atoms with Gasteiger partial charge in [-0.2, -0.15) is 0 Å². The first-order valence-corrected chi connectivity index (χ1v) is 15.0. The Labute approximate surface area is 256 Å². The molecule has 9 N–H and O–H groups in total. The molecule has 0 saturated carbocycles. The number of nitrogens with two attached hydrogens (primary N) is 2. The number of hydrogen-bond acceptors (Lipinski definition) is 7. The van der Waals surface area contributed by atoms with Crippen molar-refractivity contribution >= 4 is 46.3 Å². The van der Waals surface area contributed by atoms with Crippen LogP contribution in [0.5, 0.6) is 0 Å². The third-order valence-corrected chi connectivity index (χ3v) is 7.72. The number of nitrogens with zero attached hydrogens (tertiary/aromatic N) is 1. The van der Waals surface area contributed by atoms with E-state index in [1.807, 2.05) is 24.3 Å². The van der Waals surface area contributed by atoms with E-state index in [4.69, 9.17) is 11.5 Å². The van der Waals surface area contributed by atoms with Gasteiger partial charge in [0.1, 0.15) is 30.2 Å². The Hall–Kier alpha value is -4.46. The van der Waals surface area contributed by atoms with Crippen LogP contribution in [0.3, 0.4) is 0 Å². The number of likely N-dealkylation sites (tertiary alicyclic amines) is 1. The summed E-state index contributed by atoms with van der Waals surface area (Å²) in [5, 5.41) is 11.4. The summed E-state index contributed by atoms with van der Waals surface area (Å²) in [6, 6.07) is 2.87. The zero-order valence-corrected chi connectivity index (χ0v) is 25.5. The molecule has 240 valence electrons. The third-order valence-electron chi connectivity index (χ3n) is 7.72. The Morgan fingerprint density at radius 1 is 0.955 bits per heavy atom. The number of primary amides is 1. The van der Waals surface area contributed by atoms with Crippen LogP contribution in [-0.2, 0) is 35.2 Å². The van der Waals surface area contributed by atoms with Crippen LogP contribution in [0, 0.1) is 0 Å². The number of rotatable bonds is 15. The highest BCUT2D eigenvalue weighted by Crippen LogP contribution is 2.23. The van der Waals surface area contributed by atoms with Crippen molar-refractivity contribution in [1.82, 2.24) is 31.2 Å². The zero-order valence-electron chi connectivity index (χ0n) is 25.5. The molecule has 5 atom stereocenters. The minimum absolute atomic E-state index is 0.143. The van der Waals surface area contributed by atoms with Gasteiger partial charge < -0.3 is 42.6 Å². The number of unbranched alkanes of at least 4 members (excludes halogenated alkanes) is 1. The fourth-order valence-electron chi connectivity index (χ4n) is 5.34. The lowest BCUT2D eigenvalue weighted by Crippen LogP contribution is -2.58. The third kappa shape index (κ3) is 9.02. The molecule has 0 spiro atoms. The average Bonchev–Trinajstić information content (AvgIpc) is 3.63.